The summed E-state index contributed by atoms with van der Waals surface area (Å²) in [5.41, 5.74) is 0.529. The maximum atomic E-state index is 12.6. The van der Waals surface area contributed by atoms with Crippen molar-refractivity contribution in [2.45, 2.75) is 19.2 Å². The first-order chi connectivity index (χ1) is 6.60. The van der Waals surface area contributed by atoms with E-state index in [9.17, 15) is 8.78 Å². The summed E-state index contributed by atoms with van der Waals surface area (Å²) >= 11 is 5.56. The van der Waals surface area contributed by atoms with E-state index in [-0.39, 0.29) is 17.1 Å². The zero-order chi connectivity index (χ0) is 10.7. The van der Waals surface area contributed by atoms with E-state index in [0.717, 1.165) is 0 Å². The summed E-state index contributed by atoms with van der Waals surface area (Å²) in [7, 11) is 1.43. The molecule has 1 rings (SSSR count). The van der Waals surface area contributed by atoms with Crippen LogP contribution < -0.4 is 4.74 Å². The topological polar surface area (TPSA) is 22.1 Å². The Hall–Kier alpha value is -0.900. The number of halogens is 3. The van der Waals surface area contributed by atoms with Gasteiger partial charge in [-0.25, -0.2) is 13.8 Å². The van der Waals surface area contributed by atoms with E-state index in [4.69, 9.17) is 16.3 Å². The van der Waals surface area contributed by atoms with Crippen LogP contribution in [0.2, 0.25) is 0 Å². The number of pyridine rings is 1. The van der Waals surface area contributed by atoms with Crippen molar-refractivity contribution in [2.24, 2.45) is 0 Å². The summed E-state index contributed by atoms with van der Waals surface area (Å²) in [6.07, 6.45) is -2.55. The molecule has 0 spiro atoms. The SMILES string of the molecule is COc1cc(CCl)c(C(F)F)c(C)n1. The average Bonchev–Trinajstić information content (AvgIpc) is 2.15. The smallest absolute Gasteiger partial charge is 0.265 e. The Balaban J connectivity index is 3.27. The fraction of sp³-hybridized carbons (Fsp3) is 0.444. The Morgan fingerprint density at radius 2 is 2.21 bits per heavy atom. The van der Waals surface area contributed by atoms with Gasteiger partial charge in [-0.1, -0.05) is 0 Å². The lowest BCUT2D eigenvalue weighted by Gasteiger charge is -2.10. The van der Waals surface area contributed by atoms with Crippen molar-refractivity contribution in [1.29, 1.82) is 0 Å². The van der Waals surface area contributed by atoms with Crippen LogP contribution in [0.3, 0.4) is 0 Å². The third-order valence-electron chi connectivity index (χ3n) is 1.88. The van der Waals surface area contributed by atoms with Gasteiger partial charge in [-0.05, 0) is 12.5 Å². The van der Waals surface area contributed by atoms with E-state index in [1.165, 1.54) is 20.1 Å². The molecule has 0 saturated heterocycles. The number of ether oxygens (including phenoxy) is 1. The molecule has 5 heteroatoms. The molecule has 1 heterocycles. The summed E-state index contributed by atoms with van der Waals surface area (Å²) in [6.45, 7) is 1.51. The molecule has 0 aromatic carbocycles. The Morgan fingerprint density at radius 1 is 1.57 bits per heavy atom. The van der Waals surface area contributed by atoms with Crippen molar-refractivity contribution in [1.82, 2.24) is 4.98 Å². The second-order valence-corrected chi connectivity index (χ2v) is 3.02. The number of aryl methyl sites for hydroxylation is 1. The van der Waals surface area contributed by atoms with Crippen LogP contribution in [0.4, 0.5) is 8.78 Å². The molecule has 0 bridgehead atoms. The van der Waals surface area contributed by atoms with Gasteiger partial charge in [0.15, 0.2) is 0 Å². The normalized spacial score (nSPS) is 10.7. The van der Waals surface area contributed by atoms with Crippen LogP contribution in [-0.2, 0) is 5.88 Å². The van der Waals surface area contributed by atoms with E-state index in [1.807, 2.05) is 0 Å². The minimum absolute atomic E-state index is 0.0272. The van der Waals surface area contributed by atoms with E-state index in [1.54, 1.807) is 0 Å². The van der Waals surface area contributed by atoms with Crippen molar-refractivity contribution >= 4 is 11.6 Å². The third-order valence-corrected chi connectivity index (χ3v) is 2.17. The van der Waals surface area contributed by atoms with Crippen LogP contribution in [-0.4, -0.2) is 12.1 Å². The molecular formula is C9H10ClF2NO. The largest absolute Gasteiger partial charge is 0.481 e. The molecule has 0 radical (unpaired) electrons. The van der Waals surface area contributed by atoms with Gasteiger partial charge in [-0.3, -0.25) is 0 Å². The molecule has 0 aliphatic rings. The van der Waals surface area contributed by atoms with Crippen molar-refractivity contribution < 1.29 is 13.5 Å². The molecular weight excluding hydrogens is 212 g/mol. The quantitative estimate of drug-likeness (QED) is 0.732. The second kappa shape index (κ2) is 4.55. The Kier molecular flexibility index (Phi) is 3.63. The Bertz CT molecular complexity index is 331. The monoisotopic (exact) mass is 221 g/mol. The molecule has 2 nitrogen and oxygen atoms in total. The first-order valence-corrected chi connectivity index (χ1v) is 4.52. The molecule has 0 atom stereocenters. The molecule has 0 unspecified atom stereocenters. The van der Waals surface area contributed by atoms with Gasteiger partial charge in [0.2, 0.25) is 5.88 Å². The van der Waals surface area contributed by atoms with Crippen molar-refractivity contribution in [3.63, 3.8) is 0 Å². The van der Waals surface area contributed by atoms with Gasteiger partial charge in [0.25, 0.3) is 6.43 Å². The standard InChI is InChI=1S/C9H10ClF2NO/c1-5-8(9(11)12)6(4-10)3-7(13-5)14-2/h3,9H,4H2,1-2H3. The number of aromatic nitrogens is 1. The number of alkyl halides is 3. The molecule has 0 N–H and O–H groups in total. The highest BCUT2D eigenvalue weighted by atomic mass is 35.5. The van der Waals surface area contributed by atoms with Gasteiger partial charge in [-0.15, -0.1) is 11.6 Å². The van der Waals surface area contributed by atoms with Gasteiger partial charge in [0.05, 0.1) is 12.8 Å². The van der Waals surface area contributed by atoms with Crippen LogP contribution in [0, 0.1) is 6.92 Å². The lowest BCUT2D eigenvalue weighted by molar-refractivity contribution is 0.149. The Morgan fingerprint density at radius 3 is 2.64 bits per heavy atom. The highest BCUT2D eigenvalue weighted by Crippen LogP contribution is 2.28. The molecule has 0 aliphatic carbocycles. The van der Waals surface area contributed by atoms with Crippen molar-refractivity contribution in [2.75, 3.05) is 7.11 Å². The predicted octanol–water partition coefficient (Wildman–Crippen LogP) is 3.08. The van der Waals surface area contributed by atoms with Crippen LogP contribution in [0.1, 0.15) is 23.2 Å². The lowest BCUT2D eigenvalue weighted by atomic mass is 10.1. The van der Waals surface area contributed by atoms with Gasteiger partial charge in [0, 0.05) is 17.5 Å². The molecule has 14 heavy (non-hydrogen) atoms. The average molecular weight is 222 g/mol. The predicted molar refractivity (Wildman–Crippen MR) is 50.0 cm³/mol. The molecule has 0 saturated carbocycles. The van der Waals surface area contributed by atoms with E-state index in [2.05, 4.69) is 4.98 Å². The third kappa shape index (κ3) is 2.12. The first kappa shape index (κ1) is 11.2. The Labute approximate surface area is 85.9 Å². The van der Waals surface area contributed by atoms with Gasteiger partial charge in [-0.2, -0.15) is 0 Å². The van der Waals surface area contributed by atoms with Gasteiger partial charge < -0.3 is 4.74 Å². The fourth-order valence-corrected chi connectivity index (χ4v) is 1.45. The van der Waals surface area contributed by atoms with Crippen molar-refractivity contribution in [3.8, 4) is 5.88 Å². The highest BCUT2D eigenvalue weighted by Gasteiger charge is 2.17. The number of rotatable bonds is 3. The second-order valence-electron chi connectivity index (χ2n) is 2.76. The van der Waals surface area contributed by atoms with E-state index >= 15 is 0 Å². The summed E-state index contributed by atoms with van der Waals surface area (Å²) < 4.78 is 30.0. The maximum absolute atomic E-state index is 12.6. The number of nitrogens with zero attached hydrogens (tertiary/aromatic N) is 1. The van der Waals surface area contributed by atoms with Crippen LogP contribution in [0.5, 0.6) is 5.88 Å². The zero-order valence-electron chi connectivity index (χ0n) is 7.85. The zero-order valence-corrected chi connectivity index (χ0v) is 8.61. The lowest BCUT2D eigenvalue weighted by Crippen LogP contribution is -2.01. The van der Waals surface area contributed by atoms with E-state index < -0.39 is 6.43 Å². The van der Waals surface area contributed by atoms with Gasteiger partial charge in [0.1, 0.15) is 0 Å². The van der Waals surface area contributed by atoms with Crippen LogP contribution >= 0.6 is 11.6 Å². The molecule has 1 aromatic rings. The fourth-order valence-electron chi connectivity index (χ4n) is 1.23. The van der Waals surface area contributed by atoms with Crippen molar-refractivity contribution in [3.05, 3.63) is 22.9 Å². The minimum Gasteiger partial charge on any atom is -0.481 e. The first-order valence-electron chi connectivity index (χ1n) is 3.98. The van der Waals surface area contributed by atoms with E-state index in [0.29, 0.717) is 11.4 Å². The molecule has 0 amide bonds. The highest BCUT2D eigenvalue weighted by molar-refractivity contribution is 6.17. The number of hydrogen-bond acceptors (Lipinski definition) is 2. The number of methoxy groups -OCH3 is 1. The summed E-state index contributed by atoms with van der Waals surface area (Å²) in [5.74, 6) is 0.335. The van der Waals surface area contributed by atoms with Crippen LogP contribution in [0.15, 0.2) is 6.07 Å². The summed E-state index contributed by atoms with van der Waals surface area (Å²) in [6, 6.07) is 1.43. The summed E-state index contributed by atoms with van der Waals surface area (Å²) in [4.78, 5) is 3.86. The molecule has 0 fully saturated rings. The van der Waals surface area contributed by atoms with Crippen LogP contribution in [0.25, 0.3) is 0 Å². The molecule has 0 aliphatic heterocycles. The minimum atomic E-state index is -2.55. The molecule has 78 valence electrons. The summed E-state index contributed by atoms with van der Waals surface area (Å²) in [5, 5.41) is 0. The maximum Gasteiger partial charge on any atom is 0.265 e. The molecule has 1 aromatic heterocycles. The number of hydrogen-bond donors (Lipinski definition) is 0. The van der Waals surface area contributed by atoms with Gasteiger partial charge >= 0.3 is 0 Å².